The Morgan fingerprint density at radius 2 is 1.71 bits per heavy atom. The van der Waals surface area contributed by atoms with Crippen molar-refractivity contribution in [2.45, 2.75) is 19.4 Å². The molecule has 2 N–H and O–H groups in total. The number of carboxylic acid groups (broad SMARTS) is 1. The van der Waals surface area contributed by atoms with Crippen molar-refractivity contribution in [2.75, 3.05) is 18.0 Å². The topological polar surface area (TPSA) is 86.9 Å². The van der Waals surface area contributed by atoms with Gasteiger partial charge in [0.15, 0.2) is 0 Å². The summed E-state index contributed by atoms with van der Waals surface area (Å²) in [4.78, 5) is 26.2. The number of hydrazone groups is 1. The van der Waals surface area contributed by atoms with Crippen molar-refractivity contribution in [2.24, 2.45) is 5.10 Å². The minimum Gasteiger partial charge on any atom is -0.478 e. The van der Waals surface area contributed by atoms with Crippen LogP contribution in [0.1, 0.15) is 44.7 Å². The van der Waals surface area contributed by atoms with Crippen LogP contribution < -0.4 is 10.3 Å². The lowest BCUT2D eigenvalue weighted by atomic mass is 10.1. The molecule has 1 aromatic heterocycles. The van der Waals surface area contributed by atoms with Crippen molar-refractivity contribution < 1.29 is 14.7 Å². The monoisotopic (exact) mass is 466 g/mol. The van der Waals surface area contributed by atoms with Crippen LogP contribution in [0.5, 0.6) is 0 Å². The third kappa shape index (κ3) is 4.94. The lowest BCUT2D eigenvalue weighted by Gasteiger charge is -2.17. The van der Waals surface area contributed by atoms with Crippen molar-refractivity contribution in [1.82, 2.24) is 9.99 Å². The molecule has 5 rings (SSSR count). The van der Waals surface area contributed by atoms with Gasteiger partial charge in [-0.05, 0) is 60.9 Å². The summed E-state index contributed by atoms with van der Waals surface area (Å²) in [5, 5.41) is 14.5. The van der Waals surface area contributed by atoms with E-state index in [1.807, 2.05) is 60.8 Å². The molecule has 7 nitrogen and oxygen atoms in total. The number of benzene rings is 3. The number of rotatable bonds is 7. The van der Waals surface area contributed by atoms with E-state index in [1.54, 1.807) is 24.4 Å². The maximum absolute atomic E-state index is 12.6. The first-order valence-corrected chi connectivity index (χ1v) is 11.7. The molecular weight excluding hydrogens is 440 g/mol. The van der Waals surface area contributed by atoms with Crippen LogP contribution in [0.25, 0.3) is 10.9 Å². The zero-order valence-electron chi connectivity index (χ0n) is 19.2. The molecule has 0 bridgehead atoms. The highest BCUT2D eigenvalue weighted by atomic mass is 16.4. The fraction of sp³-hybridized carbons (Fsp3) is 0.179. The molecule has 3 aromatic carbocycles. The van der Waals surface area contributed by atoms with E-state index >= 15 is 0 Å². The molecule has 1 fully saturated rings. The highest BCUT2D eigenvalue weighted by Gasteiger charge is 2.13. The van der Waals surface area contributed by atoms with Gasteiger partial charge in [-0.15, -0.1) is 0 Å². The van der Waals surface area contributed by atoms with E-state index in [4.69, 9.17) is 0 Å². The Labute approximate surface area is 203 Å². The number of hydrogen-bond donors (Lipinski definition) is 2. The third-order valence-electron chi connectivity index (χ3n) is 6.32. The Bertz CT molecular complexity index is 1400. The van der Waals surface area contributed by atoms with Crippen molar-refractivity contribution in [1.29, 1.82) is 0 Å². The van der Waals surface area contributed by atoms with E-state index < -0.39 is 5.97 Å². The van der Waals surface area contributed by atoms with Gasteiger partial charge in [0.05, 0.1) is 11.8 Å². The second kappa shape index (κ2) is 9.85. The highest BCUT2D eigenvalue weighted by Crippen LogP contribution is 2.22. The number of nitrogens with zero attached hydrogens (tertiary/aromatic N) is 3. The van der Waals surface area contributed by atoms with Crippen molar-refractivity contribution in [3.8, 4) is 0 Å². The smallest absolute Gasteiger partial charge is 0.335 e. The summed E-state index contributed by atoms with van der Waals surface area (Å²) in [7, 11) is 0. The minimum atomic E-state index is -0.946. The summed E-state index contributed by atoms with van der Waals surface area (Å²) >= 11 is 0. The van der Waals surface area contributed by atoms with E-state index in [-0.39, 0.29) is 11.5 Å². The van der Waals surface area contributed by atoms with Gasteiger partial charge in [0.25, 0.3) is 5.91 Å². The van der Waals surface area contributed by atoms with Crippen molar-refractivity contribution in [3.05, 3.63) is 101 Å². The van der Waals surface area contributed by atoms with Crippen LogP contribution in [0.4, 0.5) is 5.69 Å². The molecule has 4 aromatic rings. The quantitative estimate of drug-likeness (QED) is 0.304. The van der Waals surface area contributed by atoms with E-state index in [9.17, 15) is 14.7 Å². The molecule has 0 spiro atoms. The van der Waals surface area contributed by atoms with Crippen molar-refractivity contribution in [3.63, 3.8) is 0 Å². The SMILES string of the molecule is O=C(O)c1cccc(Cn2cc(/C=N\NC(=O)c3ccc(N4CCCC4)cc3)c3ccccc32)c1. The number of amides is 1. The number of carbonyl (C=O) groups excluding carboxylic acids is 1. The summed E-state index contributed by atoms with van der Waals surface area (Å²) < 4.78 is 2.05. The fourth-order valence-electron chi connectivity index (χ4n) is 4.53. The first kappa shape index (κ1) is 22.4. The zero-order valence-corrected chi connectivity index (χ0v) is 19.2. The average molecular weight is 467 g/mol. The number of hydrogen-bond acceptors (Lipinski definition) is 4. The van der Waals surface area contributed by atoms with E-state index in [0.717, 1.165) is 40.8 Å². The molecule has 1 aliphatic rings. The second-order valence-electron chi connectivity index (χ2n) is 8.68. The molecule has 0 radical (unpaired) electrons. The molecule has 35 heavy (non-hydrogen) atoms. The maximum atomic E-state index is 12.6. The Morgan fingerprint density at radius 1 is 0.943 bits per heavy atom. The molecular formula is C28H26N4O3. The molecule has 1 amide bonds. The summed E-state index contributed by atoms with van der Waals surface area (Å²) in [6.45, 7) is 2.65. The second-order valence-corrected chi connectivity index (χ2v) is 8.68. The number of nitrogens with one attached hydrogen (secondary N) is 1. The Balaban J connectivity index is 1.31. The average Bonchev–Trinajstić information content (AvgIpc) is 3.54. The molecule has 176 valence electrons. The van der Waals surface area contributed by atoms with Crippen LogP contribution in [0.3, 0.4) is 0 Å². The molecule has 0 atom stereocenters. The predicted octanol–water partition coefficient (Wildman–Crippen LogP) is 4.75. The standard InChI is InChI=1S/C28H26N4O3/c33-27(21-10-12-24(13-11-21)31-14-3-4-15-31)30-29-17-23-19-32(26-9-2-1-8-25(23)26)18-20-6-5-7-22(16-20)28(34)35/h1-2,5-13,16-17,19H,3-4,14-15,18H2,(H,30,33)(H,34,35)/b29-17-. The van der Waals surface area contributed by atoms with Crippen molar-refractivity contribution >= 4 is 34.7 Å². The van der Waals surface area contributed by atoms with Gasteiger partial charge in [0, 0.05) is 53.5 Å². The van der Waals surface area contributed by atoms with Crippen LogP contribution in [0.15, 0.2) is 84.1 Å². The van der Waals surface area contributed by atoms with Gasteiger partial charge in [-0.25, -0.2) is 10.2 Å². The Morgan fingerprint density at radius 3 is 2.49 bits per heavy atom. The van der Waals surface area contributed by atoms with Crippen LogP contribution in [-0.2, 0) is 6.54 Å². The first-order chi connectivity index (χ1) is 17.1. The molecule has 0 aliphatic carbocycles. The molecule has 7 heteroatoms. The normalized spacial score (nSPS) is 13.5. The van der Waals surface area contributed by atoms with Gasteiger partial charge in [0.1, 0.15) is 0 Å². The molecule has 2 heterocycles. The highest BCUT2D eigenvalue weighted by molar-refractivity contribution is 6.00. The van der Waals surface area contributed by atoms with E-state index in [2.05, 4.69) is 20.0 Å². The summed E-state index contributed by atoms with van der Waals surface area (Å²) in [5.74, 6) is -1.21. The number of carboxylic acids is 1. The van der Waals surface area contributed by atoms with Gasteiger partial charge in [-0.3, -0.25) is 4.79 Å². The number of para-hydroxylation sites is 1. The zero-order chi connectivity index (χ0) is 24.2. The first-order valence-electron chi connectivity index (χ1n) is 11.7. The third-order valence-corrected chi connectivity index (χ3v) is 6.32. The number of fused-ring (bicyclic) bond motifs is 1. The lowest BCUT2D eigenvalue weighted by molar-refractivity contribution is 0.0696. The summed E-state index contributed by atoms with van der Waals surface area (Å²) in [6, 6.07) is 22.5. The van der Waals surface area contributed by atoms with E-state index in [1.165, 1.54) is 12.8 Å². The molecule has 0 unspecified atom stereocenters. The number of aromatic carboxylic acids is 1. The molecule has 1 aliphatic heterocycles. The van der Waals surface area contributed by atoms with Crippen LogP contribution >= 0.6 is 0 Å². The lowest BCUT2D eigenvalue weighted by Crippen LogP contribution is -2.19. The van der Waals surface area contributed by atoms with Gasteiger partial charge < -0.3 is 14.6 Å². The van der Waals surface area contributed by atoms with E-state index in [0.29, 0.717) is 12.1 Å². The maximum Gasteiger partial charge on any atom is 0.335 e. The fourth-order valence-corrected chi connectivity index (χ4v) is 4.53. The summed E-state index contributed by atoms with van der Waals surface area (Å²) in [5.41, 5.74) is 7.34. The number of carbonyl (C=O) groups is 2. The molecule has 0 saturated carbocycles. The minimum absolute atomic E-state index is 0.261. The van der Waals surface area contributed by atoms with Gasteiger partial charge in [0.2, 0.25) is 0 Å². The largest absolute Gasteiger partial charge is 0.478 e. The van der Waals surface area contributed by atoms with Crippen LogP contribution in [0.2, 0.25) is 0 Å². The van der Waals surface area contributed by atoms with Gasteiger partial charge >= 0.3 is 5.97 Å². The summed E-state index contributed by atoms with van der Waals surface area (Å²) in [6.07, 6.45) is 6.02. The van der Waals surface area contributed by atoms with Crippen LogP contribution in [-0.4, -0.2) is 40.9 Å². The van der Waals surface area contributed by atoms with Gasteiger partial charge in [-0.2, -0.15) is 5.10 Å². The van der Waals surface area contributed by atoms with Crippen LogP contribution in [0, 0.1) is 0 Å². The molecule has 1 saturated heterocycles. The Hall–Kier alpha value is -4.39. The number of anilines is 1. The predicted molar refractivity (Wildman–Crippen MR) is 137 cm³/mol. The Kier molecular flexibility index (Phi) is 6.30. The van der Waals surface area contributed by atoms with Gasteiger partial charge in [-0.1, -0.05) is 30.3 Å². The number of aromatic nitrogens is 1.